The normalized spacial score (nSPS) is 27.7. The van der Waals surface area contributed by atoms with E-state index in [4.69, 9.17) is 69.5 Å². The van der Waals surface area contributed by atoms with Gasteiger partial charge >= 0.3 is 0 Å². The molecule has 2 saturated heterocycles. The number of fused-ring (bicyclic) bond motifs is 15. The molecule has 18 atom stereocenters. The van der Waals surface area contributed by atoms with Crippen molar-refractivity contribution in [3.63, 3.8) is 0 Å². The Morgan fingerprint density at radius 1 is 0.730 bits per heavy atom. The molecule has 0 spiro atoms. The van der Waals surface area contributed by atoms with Crippen LogP contribution in [-0.4, -0.2) is 205 Å². The van der Waals surface area contributed by atoms with Crippen LogP contribution >= 0.6 is 23.2 Å². The number of carbonyl (C=O) groups is 9. The Bertz CT molecular complexity index is 4430. The molecular weight excluding hydrogens is 1500 g/mol. The van der Waals surface area contributed by atoms with Gasteiger partial charge in [-0.25, -0.2) is 0 Å². The number of likely N-dealkylation sites (N-methyl/N-ethyl adjacent to an activating group) is 1. The van der Waals surface area contributed by atoms with Crippen molar-refractivity contribution in [2.24, 2.45) is 17.4 Å². The molecule has 7 heterocycles. The van der Waals surface area contributed by atoms with Gasteiger partial charge in [-0.05, 0) is 122 Å². The fourth-order valence-electron chi connectivity index (χ4n) is 13.4. The van der Waals surface area contributed by atoms with Crippen molar-refractivity contribution in [3.05, 3.63) is 117 Å². The summed E-state index contributed by atoms with van der Waals surface area (Å²) in [7, 11) is 1.47. The van der Waals surface area contributed by atoms with Gasteiger partial charge in [0.05, 0.1) is 41.3 Å². The zero-order valence-electron chi connectivity index (χ0n) is 60.4. The van der Waals surface area contributed by atoms with E-state index in [9.17, 15) is 69.9 Å². The monoisotopic (exact) mass is 1580 g/mol. The number of nitrogens with two attached hydrogens (primary N) is 2. The van der Waals surface area contributed by atoms with Crippen LogP contribution in [0.5, 0.6) is 46.0 Å². The molecule has 11 bridgehead atoms. The zero-order valence-corrected chi connectivity index (χ0v) is 61.9. The minimum Gasteiger partial charge on any atom is -0.508 e. The summed E-state index contributed by atoms with van der Waals surface area (Å²) in [6, 6.07) is -0.0710. The van der Waals surface area contributed by atoms with Crippen molar-refractivity contribution >= 4 is 76.4 Å². The number of phenols is 3. The molecule has 7 aliphatic heterocycles. The third kappa shape index (κ3) is 19.1. The van der Waals surface area contributed by atoms with Crippen molar-refractivity contribution in [1.29, 1.82) is 0 Å². The van der Waals surface area contributed by atoms with Crippen LogP contribution in [0.15, 0.2) is 78.9 Å². The van der Waals surface area contributed by atoms with Crippen molar-refractivity contribution in [2.75, 3.05) is 26.7 Å². The van der Waals surface area contributed by atoms with E-state index >= 15 is 19.2 Å². The number of benzene rings is 5. The average Bonchev–Trinajstić information content (AvgIpc) is 0.766. The molecule has 22 N–H and O–H groups in total. The molecule has 12 rings (SSSR count). The number of carbonyl (C=O) groups excluding carboxylic acids is 9. The minimum absolute atomic E-state index is 0.0172. The number of rotatable bonds is 19. The number of aliphatic hydroxyl groups is 6. The lowest BCUT2D eigenvalue weighted by atomic mass is 9.86. The molecule has 0 aliphatic carbocycles. The first-order valence-electron chi connectivity index (χ1n) is 35.3. The Balaban J connectivity index is 1.21. The molecule has 35 nitrogen and oxygen atoms in total. The maximum absolute atomic E-state index is 16.2. The summed E-state index contributed by atoms with van der Waals surface area (Å²) in [5.74, 6) is -13.0. The van der Waals surface area contributed by atoms with Gasteiger partial charge in [0, 0.05) is 55.1 Å². The Hall–Kier alpha value is -10.2. The topological polar surface area (TPSA) is 551 Å². The van der Waals surface area contributed by atoms with E-state index < -0.39 is 237 Å². The quantitative estimate of drug-likeness (QED) is 0.0384. The number of primary amides is 1. The highest BCUT2D eigenvalue weighted by Crippen LogP contribution is 2.50. The molecule has 596 valence electrons. The van der Waals surface area contributed by atoms with Crippen LogP contribution in [0.1, 0.15) is 124 Å². The number of ether oxygens (including phenoxy) is 6. The lowest BCUT2D eigenvalue weighted by Gasteiger charge is -2.47. The van der Waals surface area contributed by atoms with Gasteiger partial charge in [0.15, 0.2) is 23.9 Å². The second-order valence-electron chi connectivity index (χ2n) is 28.1. The van der Waals surface area contributed by atoms with Crippen molar-refractivity contribution in [2.45, 2.75) is 175 Å². The molecule has 5 aromatic carbocycles. The third-order valence-corrected chi connectivity index (χ3v) is 19.8. The van der Waals surface area contributed by atoms with Crippen LogP contribution in [0.4, 0.5) is 0 Å². The Labute approximate surface area is 644 Å². The maximum atomic E-state index is 16.2. The van der Waals surface area contributed by atoms with Crippen molar-refractivity contribution in [1.82, 2.24) is 47.9 Å². The van der Waals surface area contributed by atoms with Crippen LogP contribution < -0.4 is 73.5 Å². The molecule has 4 unspecified atom stereocenters. The van der Waals surface area contributed by atoms with Crippen molar-refractivity contribution < 1.29 is 118 Å². The Morgan fingerprint density at radius 3 is 1.96 bits per heavy atom. The summed E-state index contributed by atoms with van der Waals surface area (Å²) in [4.78, 5) is 132. The lowest BCUT2D eigenvalue weighted by molar-refractivity contribution is -0.333. The maximum Gasteiger partial charge on any atom is 0.248 e. The van der Waals surface area contributed by atoms with Gasteiger partial charge < -0.3 is 134 Å². The highest BCUT2D eigenvalue weighted by Gasteiger charge is 2.52. The predicted octanol–water partition coefficient (Wildman–Crippen LogP) is 0.0575. The number of nitrogens with one attached hydrogen (secondary N) is 9. The Morgan fingerprint density at radius 2 is 1.35 bits per heavy atom. The first-order chi connectivity index (χ1) is 52.6. The van der Waals surface area contributed by atoms with Crippen LogP contribution in [-0.2, 0) is 57.4 Å². The van der Waals surface area contributed by atoms with Gasteiger partial charge in [0.1, 0.15) is 95.5 Å². The van der Waals surface area contributed by atoms with E-state index in [2.05, 4.69) is 53.8 Å². The number of phenolic OH excluding ortho intramolecular Hbond substituents is 3. The number of aliphatic hydroxyl groups excluding tert-OH is 6. The summed E-state index contributed by atoms with van der Waals surface area (Å²) in [5.41, 5.74) is 8.38. The first kappa shape index (κ1) is 83.3. The van der Waals surface area contributed by atoms with E-state index in [0.717, 1.165) is 60.7 Å². The fourth-order valence-corrected chi connectivity index (χ4v) is 13.9. The minimum atomic E-state index is -2.36. The van der Waals surface area contributed by atoms with Gasteiger partial charge in [0.25, 0.3) is 0 Å². The predicted molar refractivity (Wildman–Crippen MR) is 390 cm³/mol. The molecule has 0 saturated carbocycles. The average molecular weight is 1590 g/mol. The number of halogens is 2. The largest absolute Gasteiger partial charge is 0.508 e. The van der Waals surface area contributed by atoms with E-state index in [1.807, 2.05) is 13.8 Å². The molecule has 7 aliphatic rings. The van der Waals surface area contributed by atoms with E-state index in [0.29, 0.717) is 0 Å². The summed E-state index contributed by atoms with van der Waals surface area (Å²) in [6.45, 7) is 5.50. The van der Waals surface area contributed by atoms with Crippen LogP contribution in [0, 0.1) is 18.3 Å². The second-order valence-corrected chi connectivity index (χ2v) is 28.9. The lowest BCUT2D eigenvalue weighted by Crippen LogP contribution is -2.64. The molecule has 2 fully saturated rings. The van der Waals surface area contributed by atoms with Crippen molar-refractivity contribution in [3.8, 4) is 69.5 Å². The molecule has 5 aromatic rings. The van der Waals surface area contributed by atoms with Crippen LogP contribution in [0.2, 0.25) is 10.0 Å². The van der Waals surface area contributed by atoms with E-state index in [1.165, 1.54) is 39.1 Å². The first-order valence-corrected chi connectivity index (χ1v) is 36.1. The number of hydrogen-bond acceptors (Lipinski definition) is 26. The highest BCUT2D eigenvalue weighted by molar-refractivity contribution is 6.32. The fraction of sp³-hybridized carbons (Fsp3) is 0.446. The molecule has 111 heavy (non-hydrogen) atoms. The van der Waals surface area contributed by atoms with Gasteiger partial charge in [-0.2, -0.15) is 0 Å². The SMILES string of the molecule is C#CCCC(=O)NCCCNC(=O)C1NC(=O)[C@H]2NC(=O)[C@H](NC(=O)C3NC(=O)[C@H](CC(N)=O)NC(=O)[C@H](NC(=O)[C@@H](CC(C)C)NC)[C@H](O)c4ccc(c(Cl)c4)Oc4cc3cc(c4O[C@@H]3O[C@H](CO)[C@@H](O)[C@H](O)[C@H]3OC3C[C@](C)(N)C(O)[C@H](C)O3)Oc3ccc(cc3Cl)[C@H]2O)c2ccc(O)c(c2)-c2c(O)cc(O)cc21. The van der Waals surface area contributed by atoms with Gasteiger partial charge in [-0.15, -0.1) is 12.3 Å². The standard InChI is InChI=1S/C74H87Cl2N11O24/c1-7-8-10-51(93)80-17-9-18-81-68(101)56-38-25-36(89)26-44(91)53(38)37-20-32(11-14-43(37)90)54-69(102)87-58(72(105)85-56)60(95)34-13-16-46(40(76)22-34)108-48-24-35-23-47(63(48)111-73-64(62(97)61(96)49(29-88)109-73)110-52-28-74(5,78)65(98)31(4)106-52)107-45-15-12-33(21-39(45)75)59(94)57(86-66(99)41(79-6)19-30(2)3)71(104)82-42(27-50(77)92)67(100)83-55(35)70(103)84-54/h1,11-16,20-26,30-31,41-42,49,52,54-62,64-65,73,79,88-91,94-98H,8-10,17-19,27-29,78H2,2-6H3,(H2,77,92)(H,80,93)(H,81,101)(H,82,104)(H,83,100)(H,84,103)(H,85,105)(H,86,99)(H,87,102)/t31-,41+,42-,49+,52?,54+,55?,56?,57+,58-,59+,60+,61+,62-,64+,65?,73-,74-/m0/s1. The van der Waals surface area contributed by atoms with Gasteiger partial charge in [-0.1, -0.05) is 55.2 Å². The zero-order chi connectivity index (χ0) is 80.8. The van der Waals surface area contributed by atoms with Crippen LogP contribution in [0.25, 0.3) is 11.1 Å². The number of aromatic hydroxyl groups is 3. The Kier molecular flexibility index (Phi) is 26.6. The van der Waals surface area contributed by atoms with Crippen LogP contribution in [0.3, 0.4) is 0 Å². The van der Waals surface area contributed by atoms with E-state index in [1.54, 1.807) is 0 Å². The molecule has 37 heteroatoms. The summed E-state index contributed by atoms with van der Waals surface area (Å²) in [5, 5.41) is 127. The summed E-state index contributed by atoms with van der Waals surface area (Å²) < 4.78 is 38.5. The van der Waals surface area contributed by atoms with E-state index in [-0.39, 0.29) is 84.5 Å². The summed E-state index contributed by atoms with van der Waals surface area (Å²) >= 11 is 14.2. The highest BCUT2D eigenvalue weighted by atomic mass is 35.5. The smallest absolute Gasteiger partial charge is 0.248 e. The second kappa shape index (κ2) is 35.5. The van der Waals surface area contributed by atoms with Gasteiger partial charge in [0.2, 0.25) is 65.2 Å². The molecule has 0 radical (unpaired) electrons. The molecule has 0 aromatic heterocycles. The molecule has 9 amide bonds. The summed E-state index contributed by atoms with van der Waals surface area (Å²) in [6.07, 6.45) is -13.1. The number of amides is 9. The number of hydrogen-bond donors (Lipinski definition) is 20. The van der Waals surface area contributed by atoms with Gasteiger partial charge in [-0.3, -0.25) is 43.2 Å². The molecular formula is C74H87Cl2N11O24. The number of terminal acetylenes is 1. The third-order valence-electron chi connectivity index (χ3n) is 19.3.